The first-order chi connectivity index (χ1) is 9.22. The Kier molecular flexibility index (Phi) is 4.93. The van der Waals surface area contributed by atoms with Gasteiger partial charge < -0.3 is 14.7 Å². The van der Waals surface area contributed by atoms with E-state index in [1.54, 1.807) is 4.90 Å². The Morgan fingerprint density at radius 3 is 2.84 bits per heavy atom. The quantitative estimate of drug-likeness (QED) is 0.874. The summed E-state index contributed by atoms with van der Waals surface area (Å²) in [5.41, 5.74) is 1.06. The first kappa shape index (κ1) is 14.0. The van der Waals surface area contributed by atoms with Gasteiger partial charge in [-0.15, -0.1) is 0 Å². The Hall–Kier alpha value is -1.39. The number of likely N-dealkylation sites (tertiary alicyclic amines) is 1. The standard InChI is InChI=1S/C15H21NO3/c1-12-7-8-16(14(12)9-17)15(18)11-19-10-13-5-3-2-4-6-13/h2-6,12,14,17H,7-11H2,1H3. The van der Waals surface area contributed by atoms with Crippen LogP contribution in [0.15, 0.2) is 30.3 Å². The molecule has 1 heterocycles. The van der Waals surface area contributed by atoms with Crippen LogP contribution < -0.4 is 0 Å². The predicted octanol–water partition coefficient (Wildman–Crippen LogP) is 1.43. The predicted molar refractivity (Wildman–Crippen MR) is 72.5 cm³/mol. The second-order valence-corrected chi connectivity index (χ2v) is 5.08. The Morgan fingerprint density at radius 1 is 1.42 bits per heavy atom. The molecule has 1 aliphatic rings. The fourth-order valence-electron chi connectivity index (χ4n) is 2.51. The molecule has 0 bridgehead atoms. The molecule has 0 aromatic heterocycles. The van der Waals surface area contributed by atoms with Crippen molar-refractivity contribution in [3.63, 3.8) is 0 Å². The number of carbonyl (C=O) groups is 1. The Labute approximate surface area is 114 Å². The van der Waals surface area contributed by atoms with Gasteiger partial charge in [0.1, 0.15) is 6.61 Å². The summed E-state index contributed by atoms with van der Waals surface area (Å²) in [6.07, 6.45) is 0.954. The Bertz CT molecular complexity index is 407. The summed E-state index contributed by atoms with van der Waals surface area (Å²) in [4.78, 5) is 13.8. The lowest BCUT2D eigenvalue weighted by molar-refractivity contribution is -0.138. The molecule has 0 aliphatic carbocycles. The van der Waals surface area contributed by atoms with Gasteiger partial charge in [0.15, 0.2) is 0 Å². The summed E-state index contributed by atoms with van der Waals surface area (Å²) in [6, 6.07) is 9.74. The van der Waals surface area contributed by atoms with Crippen LogP contribution in [-0.4, -0.2) is 41.7 Å². The molecule has 4 nitrogen and oxygen atoms in total. The number of amides is 1. The minimum atomic E-state index is -0.0483. The molecule has 19 heavy (non-hydrogen) atoms. The maximum absolute atomic E-state index is 12.0. The van der Waals surface area contributed by atoms with Gasteiger partial charge in [-0.3, -0.25) is 4.79 Å². The highest BCUT2D eigenvalue weighted by Crippen LogP contribution is 2.23. The molecule has 2 atom stereocenters. The molecule has 1 N–H and O–H groups in total. The lowest BCUT2D eigenvalue weighted by atomic mass is 10.0. The molecule has 1 aromatic carbocycles. The van der Waals surface area contributed by atoms with Crippen LogP contribution in [0.3, 0.4) is 0 Å². The van der Waals surface area contributed by atoms with E-state index in [1.165, 1.54) is 0 Å². The molecule has 2 rings (SSSR count). The van der Waals surface area contributed by atoms with E-state index in [9.17, 15) is 9.90 Å². The van der Waals surface area contributed by atoms with E-state index < -0.39 is 0 Å². The zero-order chi connectivity index (χ0) is 13.7. The maximum atomic E-state index is 12.0. The fraction of sp³-hybridized carbons (Fsp3) is 0.533. The topological polar surface area (TPSA) is 49.8 Å². The molecule has 1 aliphatic heterocycles. The van der Waals surface area contributed by atoms with Crippen molar-refractivity contribution in [1.82, 2.24) is 4.90 Å². The molecule has 104 valence electrons. The third kappa shape index (κ3) is 3.55. The number of aliphatic hydroxyl groups excluding tert-OH is 1. The van der Waals surface area contributed by atoms with Gasteiger partial charge in [0, 0.05) is 6.54 Å². The van der Waals surface area contributed by atoms with E-state index in [-0.39, 0.29) is 25.2 Å². The summed E-state index contributed by atoms with van der Waals surface area (Å²) in [6.45, 7) is 3.35. The van der Waals surface area contributed by atoms with Crippen molar-refractivity contribution in [3.05, 3.63) is 35.9 Å². The molecule has 0 saturated carbocycles. The van der Waals surface area contributed by atoms with E-state index in [0.29, 0.717) is 12.5 Å². The van der Waals surface area contributed by atoms with Gasteiger partial charge in [-0.1, -0.05) is 37.3 Å². The number of aliphatic hydroxyl groups is 1. The van der Waals surface area contributed by atoms with Crippen LogP contribution in [0.2, 0.25) is 0 Å². The van der Waals surface area contributed by atoms with E-state index in [0.717, 1.165) is 18.5 Å². The van der Waals surface area contributed by atoms with Gasteiger partial charge in [-0.2, -0.15) is 0 Å². The first-order valence-corrected chi connectivity index (χ1v) is 6.74. The number of carbonyl (C=O) groups excluding carboxylic acids is 1. The molecule has 4 heteroatoms. The molecule has 1 aromatic rings. The highest BCUT2D eigenvalue weighted by molar-refractivity contribution is 5.78. The average Bonchev–Trinajstić information content (AvgIpc) is 2.81. The fourth-order valence-corrected chi connectivity index (χ4v) is 2.51. The summed E-state index contributed by atoms with van der Waals surface area (Å²) in [5, 5.41) is 9.32. The van der Waals surface area contributed by atoms with Crippen molar-refractivity contribution < 1.29 is 14.6 Å². The molecule has 1 saturated heterocycles. The van der Waals surface area contributed by atoms with Crippen LogP contribution in [0, 0.1) is 5.92 Å². The largest absolute Gasteiger partial charge is 0.394 e. The summed E-state index contributed by atoms with van der Waals surface area (Å²) in [5.74, 6) is 0.336. The second-order valence-electron chi connectivity index (χ2n) is 5.08. The number of ether oxygens (including phenoxy) is 1. The summed E-state index contributed by atoms with van der Waals surface area (Å²) < 4.78 is 5.45. The second kappa shape index (κ2) is 6.68. The molecule has 2 unspecified atom stereocenters. The minimum Gasteiger partial charge on any atom is -0.394 e. The van der Waals surface area contributed by atoms with Crippen molar-refractivity contribution in [2.45, 2.75) is 26.0 Å². The van der Waals surface area contributed by atoms with Gasteiger partial charge in [0.25, 0.3) is 0 Å². The number of hydrogen-bond donors (Lipinski definition) is 1. The van der Waals surface area contributed by atoms with E-state index in [4.69, 9.17) is 4.74 Å². The molecule has 0 radical (unpaired) electrons. The third-order valence-electron chi connectivity index (χ3n) is 3.73. The molecular weight excluding hydrogens is 242 g/mol. The first-order valence-electron chi connectivity index (χ1n) is 6.74. The van der Waals surface area contributed by atoms with Crippen LogP contribution in [-0.2, 0) is 16.1 Å². The lowest BCUT2D eigenvalue weighted by Crippen LogP contribution is -2.41. The van der Waals surface area contributed by atoms with Crippen molar-refractivity contribution in [3.8, 4) is 0 Å². The SMILES string of the molecule is CC1CCN(C(=O)COCc2ccccc2)C1CO. The van der Waals surface area contributed by atoms with Crippen molar-refractivity contribution in [1.29, 1.82) is 0 Å². The normalized spacial score (nSPS) is 22.7. The van der Waals surface area contributed by atoms with Gasteiger partial charge in [0.05, 0.1) is 19.3 Å². The van der Waals surface area contributed by atoms with Crippen LogP contribution >= 0.6 is 0 Å². The molecule has 1 fully saturated rings. The minimum absolute atomic E-state index is 0.0284. The van der Waals surface area contributed by atoms with E-state index in [2.05, 4.69) is 6.92 Å². The highest BCUT2D eigenvalue weighted by Gasteiger charge is 2.33. The molecular formula is C15H21NO3. The zero-order valence-electron chi connectivity index (χ0n) is 11.3. The third-order valence-corrected chi connectivity index (χ3v) is 3.73. The molecule has 1 amide bonds. The van der Waals surface area contributed by atoms with Gasteiger partial charge in [-0.25, -0.2) is 0 Å². The van der Waals surface area contributed by atoms with Gasteiger partial charge >= 0.3 is 0 Å². The van der Waals surface area contributed by atoms with Crippen LogP contribution in [0.25, 0.3) is 0 Å². The molecule has 0 spiro atoms. The number of benzene rings is 1. The Morgan fingerprint density at radius 2 is 2.16 bits per heavy atom. The Balaban J connectivity index is 1.78. The van der Waals surface area contributed by atoms with E-state index >= 15 is 0 Å². The highest BCUT2D eigenvalue weighted by atomic mass is 16.5. The van der Waals surface area contributed by atoms with Gasteiger partial charge in [0.2, 0.25) is 5.91 Å². The monoisotopic (exact) mass is 263 g/mol. The van der Waals surface area contributed by atoms with Crippen LogP contribution in [0.4, 0.5) is 0 Å². The van der Waals surface area contributed by atoms with Crippen molar-refractivity contribution in [2.75, 3.05) is 19.8 Å². The van der Waals surface area contributed by atoms with Crippen LogP contribution in [0.1, 0.15) is 18.9 Å². The average molecular weight is 263 g/mol. The maximum Gasteiger partial charge on any atom is 0.248 e. The lowest BCUT2D eigenvalue weighted by Gasteiger charge is -2.25. The zero-order valence-corrected chi connectivity index (χ0v) is 11.3. The summed E-state index contributed by atoms with van der Waals surface area (Å²) >= 11 is 0. The number of rotatable bonds is 5. The van der Waals surface area contributed by atoms with Crippen molar-refractivity contribution >= 4 is 5.91 Å². The smallest absolute Gasteiger partial charge is 0.248 e. The van der Waals surface area contributed by atoms with Crippen LogP contribution in [0.5, 0.6) is 0 Å². The number of nitrogens with zero attached hydrogens (tertiary/aromatic N) is 1. The van der Waals surface area contributed by atoms with Crippen molar-refractivity contribution in [2.24, 2.45) is 5.92 Å². The van der Waals surface area contributed by atoms with E-state index in [1.807, 2.05) is 30.3 Å². The van der Waals surface area contributed by atoms with Gasteiger partial charge in [-0.05, 0) is 17.9 Å². The number of hydrogen-bond acceptors (Lipinski definition) is 3. The summed E-state index contributed by atoms with van der Waals surface area (Å²) in [7, 11) is 0.